The van der Waals surface area contributed by atoms with Crippen molar-refractivity contribution < 1.29 is 9.90 Å². The van der Waals surface area contributed by atoms with Gasteiger partial charge in [0.15, 0.2) is 0 Å². The lowest BCUT2D eigenvalue weighted by Crippen LogP contribution is -2.36. The first-order valence-corrected chi connectivity index (χ1v) is 7.46. The second kappa shape index (κ2) is 8.23. The molecule has 1 heterocycles. The summed E-state index contributed by atoms with van der Waals surface area (Å²) in [6.07, 6.45) is 1.71. The molecule has 0 saturated heterocycles. The molecule has 1 amide bonds. The second-order valence-electron chi connectivity index (χ2n) is 5.03. The molecule has 0 radical (unpaired) electrons. The van der Waals surface area contributed by atoms with Crippen molar-refractivity contribution in [2.75, 3.05) is 6.61 Å². The number of tetrazole rings is 1. The van der Waals surface area contributed by atoms with Gasteiger partial charge in [-0.1, -0.05) is 37.3 Å². The minimum Gasteiger partial charge on any atom is -0.394 e. The van der Waals surface area contributed by atoms with E-state index in [9.17, 15) is 4.79 Å². The average Bonchev–Trinajstić information content (AvgIpc) is 3.02. The van der Waals surface area contributed by atoms with Crippen LogP contribution in [0.25, 0.3) is 11.4 Å². The molecule has 1 aromatic heterocycles. The summed E-state index contributed by atoms with van der Waals surface area (Å²) in [6, 6.07) is 9.46. The predicted molar refractivity (Wildman–Crippen MR) is 81.8 cm³/mol. The van der Waals surface area contributed by atoms with Crippen LogP contribution in [-0.4, -0.2) is 43.9 Å². The highest BCUT2D eigenvalue weighted by molar-refractivity contribution is 5.76. The van der Waals surface area contributed by atoms with Crippen LogP contribution in [0.2, 0.25) is 0 Å². The van der Waals surface area contributed by atoms with Crippen LogP contribution in [-0.2, 0) is 11.3 Å². The standard InChI is InChI=1S/C15H21N5O2/c1-2-13(11-21)16-14(22)9-6-10-20-18-15(17-19-20)12-7-4-3-5-8-12/h3-5,7-8,13,21H,2,6,9-11H2,1H3,(H,16,22). The van der Waals surface area contributed by atoms with Crippen LogP contribution in [0.3, 0.4) is 0 Å². The summed E-state index contributed by atoms with van der Waals surface area (Å²) in [4.78, 5) is 13.2. The van der Waals surface area contributed by atoms with Gasteiger partial charge in [-0.15, -0.1) is 10.2 Å². The molecule has 2 N–H and O–H groups in total. The molecule has 0 fully saturated rings. The number of nitrogens with one attached hydrogen (secondary N) is 1. The van der Waals surface area contributed by atoms with Crippen molar-refractivity contribution in [2.24, 2.45) is 0 Å². The SMILES string of the molecule is CCC(CO)NC(=O)CCCn1nnc(-c2ccccc2)n1. The van der Waals surface area contributed by atoms with E-state index in [1.54, 1.807) is 0 Å². The Hall–Kier alpha value is -2.28. The molecule has 2 rings (SSSR count). The van der Waals surface area contributed by atoms with E-state index in [-0.39, 0.29) is 18.6 Å². The number of hydrogen-bond donors (Lipinski definition) is 2. The van der Waals surface area contributed by atoms with Gasteiger partial charge in [0.25, 0.3) is 0 Å². The van der Waals surface area contributed by atoms with Gasteiger partial charge in [-0.3, -0.25) is 4.79 Å². The maximum Gasteiger partial charge on any atom is 0.220 e. The Morgan fingerprint density at radius 1 is 1.36 bits per heavy atom. The number of aryl methyl sites for hydroxylation is 1. The Morgan fingerprint density at radius 3 is 2.82 bits per heavy atom. The number of rotatable bonds is 8. The third-order valence-corrected chi connectivity index (χ3v) is 3.33. The zero-order valence-corrected chi connectivity index (χ0v) is 12.6. The molecule has 1 atom stereocenters. The molecule has 2 aromatic rings. The fourth-order valence-electron chi connectivity index (χ4n) is 2.00. The number of aliphatic hydroxyl groups is 1. The lowest BCUT2D eigenvalue weighted by Gasteiger charge is -2.13. The first-order valence-electron chi connectivity index (χ1n) is 7.46. The number of carbonyl (C=O) groups excluding carboxylic acids is 1. The Labute approximate surface area is 129 Å². The van der Waals surface area contributed by atoms with Crippen LogP contribution in [0.4, 0.5) is 0 Å². The van der Waals surface area contributed by atoms with E-state index in [0.29, 0.717) is 31.6 Å². The maximum atomic E-state index is 11.7. The Morgan fingerprint density at radius 2 is 2.14 bits per heavy atom. The first kappa shape index (κ1) is 16.1. The number of aliphatic hydroxyl groups excluding tert-OH is 1. The van der Waals surface area contributed by atoms with Gasteiger partial charge in [0.1, 0.15) is 0 Å². The van der Waals surface area contributed by atoms with Crippen LogP contribution >= 0.6 is 0 Å². The van der Waals surface area contributed by atoms with Gasteiger partial charge in [0.2, 0.25) is 11.7 Å². The van der Waals surface area contributed by atoms with Gasteiger partial charge in [-0.05, 0) is 18.1 Å². The van der Waals surface area contributed by atoms with Gasteiger partial charge in [-0.2, -0.15) is 4.80 Å². The summed E-state index contributed by atoms with van der Waals surface area (Å²) in [6.45, 7) is 2.42. The van der Waals surface area contributed by atoms with Crippen LogP contribution in [0, 0.1) is 0 Å². The fourth-order valence-corrected chi connectivity index (χ4v) is 2.00. The van der Waals surface area contributed by atoms with Gasteiger partial charge in [-0.25, -0.2) is 0 Å². The average molecular weight is 303 g/mol. The van der Waals surface area contributed by atoms with Gasteiger partial charge >= 0.3 is 0 Å². The zero-order chi connectivity index (χ0) is 15.8. The van der Waals surface area contributed by atoms with Crippen LogP contribution in [0.1, 0.15) is 26.2 Å². The zero-order valence-electron chi connectivity index (χ0n) is 12.6. The Bertz CT molecular complexity index is 581. The van der Waals surface area contributed by atoms with Gasteiger partial charge in [0.05, 0.1) is 19.2 Å². The van der Waals surface area contributed by atoms with Crippen LogP contribution in [0.5, 0.6) is 0 Å². The molecule has 0 aliphatic heterocycles. The number of amides is 1. The third-order valence-electron chi connectivity index (χ3n) is 3.33. The topological polar surface area (TPSA) is 92.9 Å². The molecule has 118 valence electrons. The molecule has 0 aliphatic rings. The molecule has 0 bridgehead atoms. The van der Waals surface area contributed by atoms with E-state index < -0.39 is 0 Å². The molecule has 7 heteroatoms. The van der Waals surface area contributed by atoms with E-state index in [2.05, 4.69) is 20.7 Å². The minimum absolute atomic E-state index is 0.0344. The van der Waals surface area contributed by atoms with E-state index in [1.165, 1.54) is 4.80 Å². The van der Waals surface area contributed by atoms with Crippen molar-refractivity contribution in [3.63, 3.8) is 0 Å². The summed E-state index contributed by atoms with van der Waals surface area (Å²) >= 11 is 0. The molecule has 0 spiro atoms. The highest BCUT2D eigenvalue weighted by atomic mass is 16.3. The van der Waals surface area contributed by atoms with Crippen molar-refractivity contribution in [1.82, 2.24) is 25.5 Å². The van der Waals surface area contributed by atoms with Crippen molar-refractivity contribution in [1.29, 1.82) is 0 Å². The quantitative estimate of drug-likeness (QED) is 0.759. The summed E-state index contributed by atoms with van der Waals surface area (Å²) in [5.74, 6) is 0.515. The highest BCUT2D eigenvalue weighted by Crippen LogP contribution is 2.11. The first-order chi connectivity index (χ1) is 10.7. The smallest absolute Gasteiger partial charge is 0.220 e. The minimum atomic E-state index is -0.165. The number of hydrogen-bond acceptors (Lipinski definition) is 5. The largest absolute Gasteiger partial charge is 0.394 e. The lowest BCUT2D eigenvalue weighted by molar-refractivity contribution is -0.122. The Kier molecular flexibility index (Phi) is 6.02. The van der Waals surface area contributed by atoms with Crippen molar-refractivity contribution in [3.8, 4) is 11.4 Å². The molecular weight excluding hydrogens is 282 g/mol. The van der Waals surface area contributed by atoms with Gasteiger partial charge in [0, 0.05) is 12.0 Å². The number of benzene rings is 1. The highest BCUT2D eigenvalue weighted by Gasteiger charge is 2.09. The van der Waals surface area contributed by atoms with Crippen molar-refractivity contribution in [3.05, 3.63) is 30.3 Å². The molecule has 7 nitrogen and oxygen atoms in total. The summed E-state index contributed by atoms with van der Waals surface area (Å²) in [7, 11) is 0. The van der Waals surface area contributed by atoms with Crippen molar-refractivity contribution >= 4 is 5.91 Å². The van der Waals surface area contributed by atoms with Crippen LogP contribution < -0.4 is 5.32 Å². The molecule has 0 aliphatic carbocycles. The Balaban J connectivity index is 1.78. The predicted octanol–water partition coefficient (Wildman–Crippen LogP) is 1.01. The van der Waals surface area contributed by atoms with Gasteiger partial charge < -0.3 is 10.4 Å². The normalized spacial score (nSPS) is 12.1. The molecule has 22 heavy (non-hydrogen) atoms. The van der Waals surface area contributed by atoms with Crippen molar-refractivity contribution in [2.45, 2.75) is 38.8 Å². The molecule has 1 aromatic carbocycles. The maximum absolute atomic E-state index is 11.7. The third kappa shape index (κ3) is 4.63. The monoisotopic (exact) mass is 303 g/mol. The summed E-state index contributed by atoms with van der Waals surface area (Å²) in [5.41, 5.74) is 0.917. The van der Waals surface area contributed by atoms with E-state index in [4.69, 9.17) is 5.11 Å². The molecule has 0 saturated carbocycles. The van der Waals surface area contributed by atoms with E-state index in [0.717, 1.165) is 5.56 Å². The molecule has 1 unspecified atom stereocenters. The second-order valence-corrected chi connectivity index (χ2v) is 5.03. The summed E-state index contributed by atoms with van der Waals surface area (Å²) in [5, 5.41) is 24.1. The number of aromatic nitrogens is 4. The summed E-state index contributed by atoms with van der Waals surface area (Å²) < 4.78 is 0. The lowest BCUT2D eigenvalue weighted by atomic mass is 10.2. The molecular formula is C15H21N5O2. The van der Waals surface area contributed by atoms with E-state index >= 15 is 0 Å². The van der Waals surface area contributed by atoms with E-state index in [1.807, 2.05) is 37.3 Å². The number of nitrogens with zero attached hydrogens (tertiary/aromatic N) is 4. The fraction of sp³-hybridized carbons (Fsp3) is 0.467. The van der Waals surface area contributed by atoms with Crippen LogP contribution in [0.15, 0.2) is 30.3 Å². The number of carbonyl (C=O) groups is 1.